The van der Waals surface area contributed by atoms with Gasteiger partial charge >= 0.3 is 0 Å². The Morgan fingerprint density at radius 1 is 1.11 bits per heavy atom. The van der Waals surface area contributed by atoms with Crippen LogP contribution in [0.25, 0.3) is 17.3 Å². The predicted octanol–water partition coefficient (Wildman–Crippen LogP) is 4.57. The van der Waals surface area contributed by atoms with Gasteiger partial charge in [0.1, 0.15) is 11.4 Å². The molecule has 2 saturated carbocycles. The molecule has 0 aliphatic heterocycles. The molecule has 0 radical (unpaired) electrons. The lowest BCUT2D eigenvalue weighted by molar-refractivity contribution is -0.0235. The molecule has 0 unspecified atom stereocenters. The second-order valence-corrected chi connectivity index (χ2v) is 9.00. The lowest BCUT2D eigenvalue weighted by Crippen LogP contribution is -2.48. The van der Waals surface area contributed by atoms with Crippen LogP contribution in [0.2, 0.25) is 0 Å². The van der Waals surface area contributed by atoms with Crippen molar-refractivity contribution in [1.29, 1.82) is 0 Å². The molecule has 0 spiro atoms. The highest BCUT2D eigenvalue weighted by Gasteiger charge is 2.42. The zero-order valence-corrected chi connectivity index (χ0v) is 16.3. The molecule has 5 nitrogen and oxygen atoms in total. The number of rotatable bonds is 4. The lowest BCUT2D eigenvalue weighted by atomic mass is 9.66. The Labute approximate surface area is 165 Å². The monoisotopic (exact) mass is 377 g/mol. The summed E-state index contributed by atoms with van der Waals surface area (Å²) in [6.07, 6.45) is 7.96. The Balaban J connectivity index is 1.59. The number of phenols is 1. The highest BCUT2D eigenvalue weighted by Crippen LogP contribution is 2.54. The van der Waals surface area contributed by atoms with Crippen molar-refractivity contribution in [2.24, 2.45) is 0 Å². The summed E-state index contributed by atoms with van der Waals surface area (Å²) in [6, 6.07) is 5.87. The predicted molar refractivity (Wildman–Crippen MR) is 110 cm³/mol. The molecule has 4 aliphatic rings. The van der Waals surface area contributed by atoms with Crippen LogP contribution in [-0.4, -0.2) is 32.1 Å². The van der Waals surface area contributed by atoms with Gasteiger partial charge in [0.25, 0.3) is 0 Å². The number of anilines is 1. The molecule has 2 bridgehead atoms. The maximum atomic E-state index is 10.6. The Bertz CT molecular complexity index is 937. The van der Waals surface area contributed by atoms with E-state index in [0.717, 1.165) is 35.5 Å². The third kappa shape index (κ3) is 2.80. The molecule has 1 aromatic heterocycles. The molecule has 1 aromatic carbocycles. The van der Waals surface area contributed by atoms with Gasteiger partial charge in [-0.3, -0.25) is 0 Å². The van der Waals surface area contributed by atoms with E-state index in [0.29, 0.717) is 11.8 Å². The standard InChI is InChI=1S/C23H27N3O2/c1-3-13-4-9-17(18(27)10-13)21-19-14-5-7-15(8-6-14)20(19)22(26-25-21)24-16-11-23(2,28)12-16/h3-4,9-10,14-16,27-28H,1,5-8,11-12H2,2H3,(H,24,26). The Hall–Kier alpha value is -2.40. The minimum atomic E-state index is -0.567. The quantitative estimate of drug-likeness (QED) is 0.727. The molecule has 1 heterocycles. The number of fused-ring (bicyclic) bond motifs is 2. The van der Waals surface area contributed by atoms with E-state index in [-0.39, 0.29) is 11.8 Å². The van der Waals surface area contributed by atoms with Gasteiger partial charge in [-0.1, -0.05) is 18.7 Å². The van der Waals surface area contributed by atoms with Crippen molar-refractivity contribution in [3.8, 4) is 17.0 Å². The molecular weight excluding hydrogens is 350 g/mol. The van der Waals surface area contributed by atoms with Gasteiger partial charge in [-0.05, 0) is 80.5 Å². The van der Waals surface area contributed by atoms with Crippen molar-refractivity contribution in [3.63, 3.8) is 0 Å². The summed E-state index contributed by atoms with van der Waals surface area (Å²) in [5, 5.41) is 33.4. The number of phenolic OH excluding ortho intramolecular Hbond substituents is 1. The van der Waals surface area contributed by atoms with Crippen LogP contribution in [0.4, 0.5) is 5.82 Å². The normalized spacial score (nSPS) is 30.4. The van der Waals surface area contributed by atoms with Crippen molar-refractivity contribution in [1.82, 2.24) is 10.2 Å². The van der Waals surface area contributed by atoms with Gasteiger partial charge in [-0.25, -0.2) is 0 Å². The van der Waals surface area contributed by atoms with Crippen molar-refractivity contribution in [2.45, 2.75) is 68.9 Å². The van der Waals surface area contributed by atoms with E-state index in [1.807, 2.05) is 19.1 Å². The van der Waals surface area contributed by atoms with Crippen molar-refractivity contribution in [3.05, 3.63) is 41.5 Å². The third-order valence-electron chi connectivity index (χ3n) is 6.82. The van der Waals surface area contributed by atoms with Crippen LogP contribution in [0, 0.1) is 0 Å². The van der Waals surface area contributed by atoms with Gasteiger partial charge in [0.15, 0.2) is 5.82 Å². The molecule has 2 fully saturated rings. The minimum absolute atomic E-state index is 0.228. The molecule has 2 aromatic rings. The number of benzene rings is 1. The first-order valence-corrected chi connectivity index (χ1v) is 10.3. The van der Waals surface area contributed by atoms with Gasteiger partial charge in [-0.15, -0.1) is 10.2 Å². The first-order valence-electron chi connectivity index (χ1n) is 10.3. The maximum absolute atomic E-state index is 10.6. The summed E-state index contributed by atoms with van der Waals surface area (Å²) in [5.41, 5.74) is 4.46. The second kappa shape index (κ2) is 6.31. The fraction of sp³-hybridized carbons (Fsp3) is 0.478. The van der Waals surface area contributed by atoms with Gasteiger partial charge in [0.05, 0.1) is 5.60 Å². The van der Waals surface area contributed by atoms with E-state index in [1.54, 1.807) is 12.1 Å². The molecule has 146 valence electrons. The largest absolute Gasteiger partial charge is 0.507 e. The number of nitrogens with zero attached hydrogens (tertiary/aromatic N) is 2. The van der Waals surface area contributed by atoms with Crippen LogP contribution in [0.1, 0.15) is 74.0 Å². The summed E-state index contributed by atoms with van der Waals surface area (Å²) in [5.74, 6) is 2.10. The number of aromatic hydroxyl groups is 1. The number of aromatic nitrogens is 2. The smallest absolute Gasteiger partial charge is 0.152 e. The maximum Gasteiger partial charge on any atom is 0.152 e. The molecule has 4 aliphatic carbocycles. The van der Waals surface area contributed by atoms with Gasteiger partial charge in [0, 0.05) is 17.2 Å². The fourth-order valence-corrected chi connectivity index (χ4v) is 5.44. The lowest BCUT2D eigenvalue weighted by Gasteiger charge is -2.44. The number of hydrogen-bond donors (Lipinski definition) is 3. The van der Waals surface area contributed by atoms with Crippen LogP contribution < -0.4 is 5.32 Å². The van der Waals surface area contributed by atoms with E-state index in [4.69, 9.17) is 0 Å². The Morgan fingerprint density at radius 2 is 1.79 bits per heavy atom. The second-order valence-electron chi connectivity index (χ2n) is 9.00. The molecular formula is C23H27N3O2. The van der Waals surface area contributed by atoms with Crippen LogP contribution in [0.15, 0.2) is 24.8 Å². The van der Waals surface area contributed by atoms with E-state index in [9.17, 15) is 10.2 Å². The Kier molecular flexibility index (Phi) is 3.98. The average molecular weight is 377 g/mol. The SMILES string of the molecule is C=Cc1ccc(-c2nnc(NC3CC(C)(O)C3)c3c2C2CCC3CC2)c(O)c1. The molecule has 5 heteroatoms. The fourth-order valence-electron chi connectivity index (χ4n) is 5.44. The molecule has 28 heavy (non-hydrogen) atoms. The first kappa shape index (κ1) is 17.7. The Morgan fingerprint density at radius 3 is 2.39 bits per heavy atom. The number of aliphatic hydroxyl groups is 1. The molecule has 6 rings (SSSR count). The summed E-state index contributed by atoms with van der Waals surface area (Å²) in [4.78, 5) is 0. The van der Waals surface area contributed by atoms with Crippen LogP contribution in [0.3, 0.4) is 0 Å². The van der Waals surface area contributed by atoms with Crippen LogP contribution >= 0.6 is 0 Å². The molecule has 0 saturated heterocycles. The van der Waals surface area contributed by atoms with Crippen LogP contribution in [0.5, 0.6) is 5.75 Å². The number of hydrogen-bond acceptors (Lipinski definition) is 5. The van der Waals surface area contributed by atoms with Gasteiger partial charge < -0.3 is 15.5 Å². The van der Waals surface area contributed by atoms with Crippen molar-refractivity contribution < 1.29 is 10.2 Å². The average Bonchev–Trinajstić information content (AvgIpc) is 2.68. The van der Waals surface area contributed by atoms with E-state index in [2.05, 4.69) is 22.1 Å². The topological polar surface area (TPSA) is 78.3 Å². The van der Waals surface area contributed by atoms with Crippen LogP contribution in [-0.2, 0) is 0 Å². The van der Waals surface area contributed by atoms with Gasteiger partial charge in [-0.2, -0.15) is 0 Å². The van der Waals surface area contributed by atoms with Crippen molar-refractivity contribution in [2.75, 3.05) is 5.32 Å². The van der Waals surface area contributed by atoms with E-state index >= 15 is 0 Å². The van der Waals surface area contributed by atoms with Crippen molar-refractivity contribution >= 4 is 11.9 Å². The summed E-state index contributed by atoms with van der Waals surface area (Å²) >= 11 is 0. The molecule has 3 N–H and O–H groups in total. The van der Waals surface area contributed by atoms with Gasteiger partial charge in [0.2, 0.25) is 0 Å². The summed E-state index contributed by atoms with van der Waals surface area (Å²) in [7, 11) is 0. The molecule has 0 amide bonds. The summed E-state index contributed by atoms with van der Waals surface area (Å²) in [6.45, 7) is 5.66. The number of nitrogens with one attached hydrogen (secondary N) is 1. The highest BCUT2D eigenvalue weighted by atomic mass is 16.3. The first-order chi connectivity index (χ1) is 13.4. The van der Waals surface area contributed by atoms with E-state index in [1.165, 1.54) is 36.8 Å². The zero-order chi connectivity index (χ0) is 19.5. The minimum Gasteiger partial charge on any atom is -0.507 e. The van der Waals surface area contributed by atoms with E-state index < -0.39 is 5.60 Å². The highest BCUT2D eigenvalue weighted by molar-refractivity contribution is 5.75. The molecule has 0 atom stereocenters. The third-order valence-corrected chi connectivity index (χ3v) is 6.82. The summed E-state index contributed by atoms with van der Waals surface area (Å²) < 4.78 is 0. The zero-order valence-electron chi connectivity index (χ0n) is 16.3.